The second-order valence-electron chi connectivity index (χ2n) is 9.10. The highest BCUT2D eigenvalue weighted by Gasteiger charge is 2.36. The lowest BCUT2D eigenvalue weighted by atomic mass is 10.0. The molecule has 2 aliphatic heterocycles. The zero-order valence-corrected chi connectivity index (χ0v) is 19.5. The summed E-state index contributed by atoms with van der Waals surface area (Å²) in [4.78, 5) is 21.5. The molecule has 5 heteroatoms. The number of hydrogen-bond donors (Lipinski definition) is 1. The smallest absolute Gasteiger partial charge is 0.306 e. The predicted molar refractivity (Wildman–Crippen MR) is 124 cm³/mol. The van der Waals surface area contributed by atoms with Crippen LogP contribution in [0, 0.1) is 0 Å². The largest absolute Gasteiger partial charge is 0.481 e. The lowest BCUT2D eigenvalue weighted by Gasteiger charge is -2.30. The van der Waals surface area contributed by atoms with E-state index in [2.05, 4.69) is 31.2 Å². The van der Waals surface area contributed by atoms with E-state index in [1.54, 1.807) is 0 Å². The molecule has 2 heterocycles. The molecule has 0 aliphatic carbocycles. The quantitative estimate of drug-likeness (QED) is 0.162. The highest BCUT2D eigenvalue weighted by molar-refractivity contribution is 5.67. The molecular weight excluding hydrogens is 392 g/mol. The summed E-state index contributed by atoms with van der Waals surface area (Å²) in [6, 6.07) is 0. The molecule has 0 unspecified atom stereocenters. The van der Waals surface area contributed by atoms with Gasteiger partial charge in [0, 0.05) is 0 Å². The van der Waals surface area contributed by atoms with Gasteiger partial charge in [0.15, 0.2) is 0 Å². The van der Waals surface area contributed by atoms with E-state index in [4.69, 9.17) is 19.6 Å². The number of allylic oxidation sites excluding steroid dienone is 4. The number of carbonyl (C=O) groups is 1. The molecule has 0 saturated carbocycles. The maximum atomic E-state index is 10.8. The molecule has 31 heavy (non-hydrogen) atoms. The van der Waals surface area contributed by atoms with Crippen molar-refractivity contribution in [2.45, 2.75) is 134 Å². The minimum absolute atomic E-state index is 0.00797. The van der Waals surface area contributed by atoms with Crippen LogP contribution >= 0.6 is 0 Å². The van der Waals surface area contributed by atoms with Gasteiger partial charge in [0.25, 0.3) is 0 Å². The molecule has 0 spiro atoms. The summed E-state index contributed by atoms with van der Waals surface area (Å²) in [5.41, 5.74) is 0. The second-order valence-corrected chi connectivity index (χ2v) is 9.10. The summed E-state index contributed by atoms with van der Waals surface area (Å²) in [6.45, 7) is 2.23. The van der Waals surface area contributed by atoms with Crippen molar-refractivity contribution in [3.63, 3.8) is 0 Å². The molecule has 0 aromatic rings. The van der Waals surface area contributed by atoms with Gasteiger partial charge in [-0.1, -0.05) is 76.2 Å². The first-order chi connectivity index (χ1) is 15.2. The number of unbranched alkanes of at least 4 members (excludes halogenated alkanes) is 8. The molecule has 0 aromatic heterocycles. The molecule has 1 N–H and O–H groups in total. The Hall–Kier alpha value is -1.17. The maximum absolute atomic E-state index is 10.8. The van der Waals surface area contributed by atoms with Gasteiger partial charge in [0.05, 0.1) is 18.6 Å². The summed E-state index contributed by atoms with van der Waals surface area (Å²) in [5.74, 6) is -0.841. The van der Waals surface area contributed by atoms with Crippen LogP contribution in [-0.2, 0) is 19.3 Å². The Kier molecular flexibility index (Phi) is 13.9. The van der Waals surface area contributed by atoms with Gasteiger partial charge in [0.2, 0.25) is 0 Å². The number of carboxylic acid groups (broad SMARTS) is 1. The monoisotopic (exact) mass is 436 g/mol. The summed E-state index contributed by atoms with van der Waals surface area (Å²) in [7, 11) is 0. The van der Waals surface area contributed by atoms with Crippen molar-refractivity contribution in [2.24, 2.45) is 0 Å². The molecule has 0 radical (unpaired) electrons. The van der Waals surface area contributed by atoms with Crippen molar-refractivity contribution in [1.82, 2.24) is 0 Å². The number of ether oxygens (including phenoxy) is 1. The molecule has 5 nitrogen and oxygen atoms in total. The Labute approximate surface area is 189 Å². The molecule has 0 bridgehead atoms. The minimum atomic E-state index is -0.841. The molecule has 2 fully saturated rings. The second kappa shape index (κ2) is 16.5. The van der Waals surface area contributed by atoms with E-state index in [-0.39, 0.29) is 24.7 Å². The Morgan fingerprint density at radius 3 is 2.13 bits per heavy atom. The predicted octanol–water partition coefficient (Wildman–Crippen LogP) is 6.91. The van der Waals surface area contributed by atoms with Crippen molar-refractivity contribution < 1.29 is 24.4 Å². The average molecular weight is 437 g/mol. The van der Waals surface area contributed by atoms with Gasteiger partial charge in [-0.15, -0.1) is 0 Å². The first-order valence-corrected chi connectivity index (χ1v) is 12.7. The van der Waals surface area contributed by atoms with Crippen LogP contribution in [0.1, 0.15) is 110 Å². The highest BCUT2D eigenvalue weighted by atomic mass is 17.2. The number of rotatable bonds is 16. The lowest BCUT2D eigenvalue weighted by molar-refractivity contribution is -0.385. The fraction of sp³-hybridized carbons (Fsp3) is 0.808. The van der Waals surface area contributed by atoms with Gasteiger partial charge >= 0.3 is 5.97 Å². The minimum Gasteiger partial charge on any atom is -0.481 e. The van der Waals surface area contributed by atoms with E-state index >= 15 is 0 Å². The van der Waals surface area contributed by atoms with Crippen LogP contribution in [0.25, 0.3) is 0 Å². The normalized spacial score (nSPS) is 26.9. The van der Waals surface area contributed by atoms with Crippen LogP contribution in [0.5, 0.6) is 0 Å². The van der Waals surface area contributed by atoms with E-state index in [0.29, 0.717) is 6.10 Å². The van der Waals surface area contributed by atoms with Gasteiger partial charge in [-0.2, -0.15) is 0 Å². The standard InChI is InChI=1S/C26H44O5/c1-2-3-4-5-6-7-8-9-10-11-12-13-14-15-16-22-17-19-24(29-22)25-20-18-23(30-31-25)21-26(27)28/h5-8,22-25H,2-4,9-21H2,1H3,(H,27,28)/b6-5+,8-7+/t22-,23+,24-,25+/m0/s1. The van der Waals surface area contributed by atoms with Crippen molar-refractivity contribution in [3.05, 3.63) is 24.3 Å². The van der Waals surface area contributed by atoms with E-state index in [1.165, 1.54) is 64.2 Å². The Morgan fingerprint density at radius 1 is 0.806 bits per heavy atom. The van der Waals surface area contributed by atoms with Crippen LogP contribution in [0.3, 0.4) is 0 Å². The fourth-order valence-electron chi connectivity index (χ4n) is 4.41. The van der Waals surface area contributed by atoms with Crippen LogP contribution < -0.4 is 0 Å². The van der Waals surface area contributed by atoms with E-state index < -0.39 is 5.97 Å². The maximum Gasteiger partial charge on any atom is 0.306 e. The van der Waals surface area contributed by atoms with Crippen LogP contribution in [-0.4, -0.2) is 35.5 Å². The van der Waals surface area contributed by atoms with Crippen molar-refractivity contribution in [3.8, 4) is 0 Å². The third kappa shape index (κ3) is 11.9. The van der Waals surface area contributed by atoms with E-state index in [1.807, 2.05) is 0 Å². The van der Waals surface area contributed by atoms with Crippen LogP contribution in [0.15, 0.2) is 24.3 Å². The van der Waals surface area contributed by atoms with Gasteiger partial charge in [-0.05, 0) is 51.4 Å². The molecule has 0 aromatic carbocycles. The fourth-order valence-corrected chi connectivity index (χ4v) is 4.41. The lowest BCUT2D eigenvalue weighted by Crippen LogP contribution is -2.37. The molecule has 2 aliphatic rings. The zero-order chi connectivity index (χ0) is 22.2. The number of aliphatic carboxylic acids is 1. The van der Waals surface area contributed by atoms with E-state index in [0.717, 1.165) is 32.1 Å². The molecule has 2 saturated heterocycles. The Bertz CT molecular complexity index is 522. The summed E-state index contributed by atoms with van der Waals surface area (Å²) < 4.78 is 6.20. The SMILES string of the molecule is CCCC/C=C/C=C/CCCCCCCC[C@H]1CC[C@@H]([C@H]2CC[C@H](CC(=O)O)OO2)O1. The van der Waals surface area contributed by atoms with Gasteiger partial charge in [0.1, 0.15) is 12.2 Å². The zero-order valence-electron chi connectivity index (χ0n) is 19.5. The molecule has 2 rings (SSSR count). The summed E-state index contributed by atoms with van der Waals surface area (Å²) in [5, 5.41) is 8.84. The average Bonchev–Trinajstić information content (AvgIpc) is 3.23. The van der Waals surface area contributed by atoms with Crippen molar-refractivity contribution >= 4 is 5.97 Å². The number of hydrogen-bond acceptors (Lipinski definition) is 4. The third-order valence-electron chi connectivity index (χ3n) is 6.30. The van der Waals surface area contributed by atoms with Gasteiger partial charge in [-0.3, -0.25) is 4.79 Å². The Morgan fingerprint density at radius 2 is 1.45 bits per heavy atom. The first-order valence-electron chi connectivity index (χ1n) is 12.7. The van der Waals surface area contributed by atoms with Gasteiger partial charge < -0.3 is 9.84 Å². The first kappa shape index (κ1) is 26.1. The van der Waals surface area contributed by atoms with Crippen molar-refractivity contribution in [2.75, 3.05) is 0 Å². The van der Waals surface area contributed by atoms with Crippen molar-refractivity contribution in [1.29, 1.82) is 0 Å². The Balaban J connectivity index is 1.40. The summed E-state index contributed by atoms with van der Waals surface area (Å²) in [6.07, 6.45) is 26.6. The topological polar surface area (TPSA) is 65.0 Å². The molecule has 4 atom stereocenters. The highest BCUT2D eigenvalue weighted by Crippen LogP contribution is 2.31. The number of carboxylic acids is 1. The van der Waals surface area contributed by atoms with Gasteiger partial charge in [-0.25, -0.2) is 9.78 Å². The third-order valence-corrected chi connectivity index (χ3v) is 6.30. The molecule has 178 valence electrons. The summed E-state index contributed by atoms with van der Waals surface area (Å²) >= 11 is 0. The van der Waals surface area contributed by atoms with E-state index in [9.17, 15) is 4.79 Å². The van der Waals surface area contributed by atoms with Crippen LogP contribution in [0.4, 0.5) is 0 Å². The van der Waals surface area contributed by atoms with Crippen LogP contribution in [0.2, 0.25) is 0 Å². The molecular formula is C26H44O5. The molecule has 0 amide bonds.